The fourth-order valence-corrected chi connectivity index (χ4v) is 6.84. The van der Waals surface area contributed by atoms with Crippen LogP contribution in [0.5, 0.6) is 0 Å². The van der Waals surface area contributed by atoms with Crippen LogP contribution in [-0.2, 0) is 12.6 Å². The van der Waals surface area contributed by atoms with Gasteiger partial charge in [0.05, 0.1) is 0 Å². The second-order valence-electron chi connectivity index (χ2n) is 8.15. The molecule has 4 nitrogen and oxygen atoms in total. The molecule has 0 radical (unpaired) electrons. The molecule has 0 fully saturated rings. The summed E-state index contributed by atoms with van der Waals surface area (Å²) in [6.45, 7) is 1.25. The van der Waals surface area contributed by atoms with Crippen LogP contribution >= 0.6 is 20.6 Å². The molecule has 260 valence electrons. The van der Waals surface area contributed by atoms with Gasteiger partial charge in [0.15, 0.2) is 0 Å². The molecule has 1 aromatic rings. The third kappa shape index (κ3) is 5.52. The second-order valence-corrected chi connectivity index (χ2v) is 13.4. The Bertz CT molecular complexity index is 1310. The van der Waals surface area contributed by atoms with Crippen LogP contribution < -0.4 is 0 Å². The summed E-state index contributed by atoms with van der Waals surface area (Å²) in [7, 11) is -5.95. The van der Waals surface area contributed by atoms with Crippen molar-refractivity contribution < 1.29 is 107 Å². The molecule has 0 aliphatic rings. The molecule has 0 amide bonds. The zero-order valence-corrected chi connectivity index (χ0v) is 22.7. The molecule has 0 aliphatic heterocycles. The van der Waals surface area contributed by atoms with Gasteiger partial charge in [0.25, 0.3) is 0 Å². The van der Waals surface area contributed by atoms with E-state index in [1.165, 1.54) is 6.92 Å². The topological polar surface area (TPSA) is 63.6 Å². The quantitative estimate of drug-likeness (QED) is 0.131. The summed E-state index contributed by atoms with van der Waals surface area (Å²) in [5, 5.41) is 0. The summed E-state index contributed by atoms with van der Waals surface area (Å²) in [6, 6.07) is 2.46. The van der Waals surface area contributed by atoms with E-state index in [4.69, 9.17) is 3.44 Å². The Kier molecular flexibility index (Phi) is 10.1. The molecule has 0 atom stereocenters. The van der Waals surface area contributed by atoms with E-state index in [0.29, 0.717) is 12.1 Å². The van der Waals surface area contributed by atoms with Gasteiger partial charge in [-0.1, -0.05) is 0 Å². The number of aryl methyl sites for hydroxylation is 1. The zero-order chi connectivity index (χ0) is 35.8. The van der Waals surface area contributed by atoms with Crippen LogP contribution in [0.2, 0.25) is 0 Å². The van der Waals surface area contributed by atoms with E-state index in [2.05, 4.69) is 2.51 Å². The van der Waals surface area contributed by atoms with Gasteiger partial charge in [-0.25, -0.2) is 0 Å². The Hall–Kier alpha value is -1.65. The Morgan fingerprint density at radius 3 is 1.09 bits per heavy atom. The maximum atomic E-state index is 14.1. The first-order valence-corrected chi connectivity index (χ1v) is 14.1. The monoisotopic (exact) mass is 834 g/mol. The zero-order valence-electron chi connectivity index (χ0n) is 19.7. The molecule has 0 aromatic heterocycles. The van der Waals surface area contributed by atoms with E-state index >= 15 is 0 Å². The predicted octanol–water partition coefficient (Wildman–Crippen LogP) is 8.27. The van der Waals surface area contributed by atoms with E-state index in [-0.39, 0.29) is 5.56 Å². The fourth-order valence-electron chi connectivity index (χ4n) is 2.50. The molecular weight excluding hydrogens is 826 g/mol. The molecular formula is C17H8F21IO4S. The van der Waals surface area contributed by atoms with Gasteiger partial charge in [-0.05, 0) is 0 Å². The summed E-state index contributed by atoms with van der Waals surface area (Å²) in [5.74, 6) is -72.2. The van der Waals surface area contributed by atoms with Crippen LogP contribution in [0.15, 0.2) is 29.2 Å². The number of benzene rings is 1. The van der Waals surface area contributed by atoms with Gasteiger partial charge in [0.2, 0.25) is 0 Å². The first-order valence-electron chi connectivity index (χ1n) is 9.76. The molecule has 0 spiro atoms. The number of alkyl halides is 22. The third-order valence-electron chi connectivity index (χ3n) is 5.13. The van der Waals surface area contributed by atoms with E-state index in [9.17, 15) is 101 Å². The minimum absolute atomic E-state index is 0.185. The normalized spacial score (nSPS) is 16.3. The van der Waals surface area contributed by atoms with Crippen LogP contribution in [0.3, 0.4) is 0 Å². The van der Waals surface area contributed by atoms with Crippen molar-refractivity contribution in [2.45, 2.75) is 69.3 Å². The molecule has 0 aliphatic carbocycles. The Labute approximate surface area is 236 Å². The van der Waals surface area contributed by atoms with Gasteiger partial charge in [0.1, 0.15) is 0 Å². The predicted molar refractivity (Wildman–Crippen MR) is 106 cm³/mol. The van der Waals surface area contributed by atoms with Gasteiger partial charge in [-0.15, -0.1) is 0 Å². The third-order valence-corrected chi connectivity index (χ3v) is 10.5. The van der Waals surface area contributed by atoms with Crippen LogP contribution in [-0.4, -0.2) is 69.3 Å². The Morgan fingerprint density at radius 2 is 0.795 bits per heavy atom. The average Bonchev–Trinajstić information content (AvgIpc) is 2.82. The van der Waals surface area contributed by atoms with E-state index in [1.54, 1.807) is 0 Å². The van der Waals surface area contributed by atoms with Gasteiger partial charge >= 0.3 is 236 Å². The molecule has 1 N–H and O–H groups in total. The summed E-state index contributed by atoms with van der Waals surface area (Å²) < 4.78 is 310. The molecule has 0 saturated heterocycles. The fraction of sp³-hybridized carbons (Fsp3) is 0.647. The summed E-state index contributed by atoms with van der Waals surface area (Å²) in [6.07, 6.45) is -8.09. The molecule has 27 heteroatoms. The van der Waals surface area contributed by atoms with Crippen LogP contribution in [0.4, 0.5) is 92.2 Å². The Balaban J connectivity index is 3.72. The van der Waals surface area contributed by atoms with Crippen molar-refractivity contribution >= 4 is 30.8 Å². The molecule has 1 aromatic carbocycles. The van der Waals surface area contributed by atoms with E-state index in [1.807, 2.05) is 0 Å². The van der Waals surface area contributed by atoms with Crippen LogP contribution in [0.25, 0.3) is 0 Å². The summed E-state index contributed by atoms with van der Waals surface area (Å²) >= 11 is -7.35. The van der Waals surface area contributed by atoms with Crippen molar-refractivity contribution in [3.63, 3.8) is 0 Å². The molecule has 44 heavy (non-hydrogen) atoms. The van der Waals surface area contributed by atoms with Gasteiger partial charge in [-0.3, -0.25) is 0 Å². The van der Waals surface area contributed by atoms with E-state index < -0.39 is 93.1 Å². The van der Waals surface area contributed by atoms with Crippen molar-refractivity contribution in [2.24, 2.45) is 0 Å². The molecule has 0 heterocycles. The van der Waals surface area contributed by atoms with Crippen molar-refractivity contribution in [2.75, 3.05) is 0 Å². The SMILES string of the molecule is Cc1ccc(S(=O)(=O)OI(O)C(F)(F)C(F)(F)C(F)(F)C(F)(F)C(F)(F)C(F)(F)C(F)(F)C(F)(F)C(F)(F)C(F)(F)F)cc1. The maximum absolute atomic E-state index is 14.1. The molecule has 0 unspecified atom stereocenters. The average molecular weight is 834 g/mol. The first-order chi connectivity index (χ1) is 18.9. The van der Waals surface area contributed by atoms with Gasteiger partial charge < -0.3 is 0 Å². The summed E-state index contributed by atoms with van der Waals surface area (Å²) in [4.78, 5) is -1.35. The molecule has 1 rings (SSSR count). The summed E-state index contributed by atoms with van der Waals surface area (Å²) in [5.41, 5.74) is 0.185. The van der Waals surface area contributed by atoms with Crippen molar-refractivity contribution in [1.29, 1.82) is 0 Å². The van der Waals surface area contributed by atoms with Crippen LogP contribution in [0, 0.1) is 6.92 Å². The Morgan fingerprint density at radius 1 is 0.523 bits per heavy atom. The van der Waals surface area contributed by atoms with Crippen molar-refractivity contribution in [3.05, 3.63) is 29.8 Å². The van der Waals surface area contributed by atoms with E-state index in [0.717, 1.165) is 12.1 Å². The van der Waals surface area contributed by atoms with Crippen LogP contribution in [0.1, 0.15) is 5.56 Å². The van der Waals surface area contributed by atoms with Crippen molar-refractivity contribution in [3.8, 4) is 0 Å². The van der Waals surface area contributed by atoms with Crippen molar-refractivity contribution in [1.82, 2.24) is 0 Å². The number of rotatable bonds is 12. The number of hydrogen-bond acceptors (Lipinski definition) is 4. The number of halogens is 22. The van der Waals surface area contributed by atoms with Gasteiger partial charge in [0, 0.05) is 0 Å². The molecule has 0 saturated carbocycles. The standard InChI is InChI=1S/C17H8F21IO4S/c1-6-2-4-7(5-3-6)44(41,42)43-39(40)17(37,38)15(32,33)13(28,29)11(24,25)9(20,21)8(18,19)10(22,23)12(26,27)14(30,31)16(34,35)36/h2-5,40H,1H3. The molecule has 0 bridgehead atoms. The first kappa shape index (κ1) is 40.4. The van der Waals surface area contributed by atoms with Gasteiger partial charge in [-0.2, -0.15) is 0 Å². The minimum atomic E-state index is -9.36. The number of hydrogen-bond donors (Lipinski definition) is 1. The second kappa shape index (κ2) is 11.0.